The summed E-state index contributed by atoms with van der Waals surface area (Å²) in [5.41, 5.74) is 1.64. The molecule has 0 saturated heterocycles. The predicted octanol–water partition coefficient (Wildman–Crippen LogP) is 3.67. The second-order valence-electron chi connectivity index (χ2n) is 8.26. The molecule has 0 radical (unpaired) electrons. The maximum Gasteiger partial charge on any atom is 0.338 e. The summed E-state index contributed by atoms with van der Waals surface area (Å²) >= 11 is 1.20. The first-order chi connectivity index (χ1) is 17.4. The van der Waals surface area contributed by atoms with Gasteiger partial charge >= 0.3 is 5.97 Å². The lowest BCUT2D eigenvalue weighted by molar-refractivity contribution is -0.139. The number of ether oxygens (including phenoxy) is 2. The number of nitrogens with zero attached hydrogens (tertiary/aromatic N) is 2. The molecule has 0 unspecified atom stereocenters. The van der Waals surface area contributed by atoms with Gasteiger partial charge in [-0.25, -0.2) is 9.79 Å². The molecule has 0 bridgehead atoms. The van der Waals surface area contributed by atoms with Gasteiger partial charge in [-0.3, -0.25) is 9.36 Å². The number of phenols is 1. The van der Waals surface area contributed by atoms with Crippen LogP contribution in [0.5, 0.6) is 11.5 Å². The highest BCUT2D eigenvalue weighted by molar-refractivity contribution is 7.07. The summed E-state index contributed by atoms with van der Waals surface area (Å²) in [5.74, 6) is 0.0817. The first-order valence-corrected chi connectivity index (χ1v) is 12.3. The van der Waals surface area contributed by atoms with Crippen LogP contribution in [0.15, 0.2) is 81.7 Å². The summed E-state index contributed by atoms with van der Waals surface area (Å²) < 4.78 is 13.1. The zero-order chi connectivity index (χ0) is 25.4. The minimum absolute atomic E-state index is 0.0685. The van der Waals surface area contributed by atoms with Crippen LogP contribution in [0.4, 0.5) is 0 Å². The quantitative estimate of drug-likeness (QED) is 0.423. The molecule has 1 aliphatic heterocycles. The standard InChI is InChI=1S/C28H24N2O5S/c1-4-35-27(33)23-16(2)29-28-30(26(32)22(36-28)15-18-10-6-8-12-20(18)31)25(23)24-19-11-7-5-9-17(19)13-14-21(24)34-3/h5-15,25,31H,4H2,1-3H3/t25-/m1/s1. The third-order valence-electron chi connectivity index (χ3n) is 6.16. The van der Waals surface area contributed by atoms with E-state index in [2.05, 4.69) is 4.99 Å². The van der Waals surface area contributed by atoms with E-state index >= 15 is 0 Å². The zero-order valence-corrected chi connectivity index (χ0v) is 20.8. The molecular weight excluding hydrogens is 476 g/mol. The Balaban J connectivity index is 1.87. The number of rotatable bonds is 5. The van der Waals surface area contributed by atoms with Crippen LogP contribution >= 0.6 is 11.3 Å². The van der Waals surface area contributed by atoms with Crippen LogP contribution in [-0.4, -0.2) is 29.4 Å². The van der Waals surface area contributed by atoms with Crippen molar-refractivity contribution in [2.75, 3.05) is 13.7 Å². The number of carbonyl (C=O) groups excluding carboxylic acids is 1. The minimum Gasteiger partial charge on any atom is -0.507 e. The summed E-state index contributed by atoms with van der Waals surface area (Å²) in [6, 6.07) is 17.5. The van der Waals surface area contributed by atoms with Crippen LogP contribution in [0.3, 0.4) is 0 Å². The van der Waals surface area contributed by atoms with Gasteiger partial charge in [0.2, 0.25) is 0 Å². The average Bonchev–Trinajstić information content (AvgIpc) is 3.18. The van der Waals surface area contributed by atoms with Crippen molar-refractivity contribution >= 4 is 34.2 Å². The van der Waals surface area contributed by atoms with Crippen LogP contribution in [0.25, 0.3) is 16.8 Å². The van der Waals surface area contributed by atoms with Crippen LogP contribution in [0.1, 0.15) is 31.0 Å². The number of para-hydroxylation sites is 1. The largest absolute Gasteiger partial charge is 0.507 e. The zero-order valence-electron chi connectivity index (χ0n) is 20.0. The molecule has 1 atom stereocenters. The molecule has 3 aromatic carbocycles. The number of allylic oxidation sites excluding steroid dienone is 1. The van der Waals surface area contributed by atoms with Gasteiger partial charge in [-0.05, 0) is 42.8 Å². The number of carbonyl (C=O) groups is 1. The third-order valence-corrected chi connectivity index (χ3v) is 7.15. The summed E-state index contributed by atoms with van der Waals surface area (Å²) in [6.45, 7) is 3.67. The number of hydrogen-bond donors (Lipinski definition) is 1. The predicted molar refractivity (Wildman–Crippen MR) is 139 cm³/mol. The maximum absolute atomic E-state index is 13.9. The Morgan fingerprint density at radius 2 is 1.89 bits per heavy atom. The molecule has 2 heterocycles. The highest BCUT2D eigenvalue weighted by Gasteiger charge is 2.36. The Bertz CT molecular complexity index is 1710. The summed E-state index contributed by atoms with van der Waals surface area (Å²) in [4.78, 5) is 32.2. The number of aromatic hydroxyl groups is 1. The van der Waals surface area contributed by atoms with E-state index < -0.39 is 12.0 Å². The third kappa shape index (κ3) is 3.89. The lowest BCUT2D eigenvalue weighted by atomic mass is 9.90. The Hall–Kier alpha value is -4.17. The fourth-order valence-corrected chi connectivity index (χ4v) is 5.59. The van der Waals surface area contributed by atoms with Crippen molar-refractivity contribution in [2.45, 2.75) is 19.9 Å². The fourth-order valence-electron chi connectivity index (χ4n) is 4.55. The van der Waals surface area contributed by atoms with Crippen LogP contribution < -0.4 is 19.6 Å². The van der Waals surface area contributed by atoms with Gasteiger partial charge in [-0.2, -0.15) is 0 Å². The molecule has 5 rings (SSSR count). The number of thiazole rings is 1. The summed E-state index contributed by atoms with van der Waals surface area (Å²) in [5, 5.41) is 12.1. The number of methoxy groups -OCH3 is 1. The number of hydrogen-bond acceptors (Lipinski definition) is 7. The second-order valence-corrected chi connectivity index (χ2v) is 9.27. The van der Waals surface area contributed by atoms with E-state index in [1.807, 2.05) is 36.4 Å². The Morgan fingerprint density at radius 3 is 2.64 bits per heavy atom. The lowest BCUT2D eigenvalue weighted by Crippen LogP contribution is -2.40. The molecule has 1 aromatic heterocycles. The SMILES string of the molecule is CCOC(=O)C1=C(C)N=c2sc(=Cc3ccccc3O)c(=O)n2[C@H]1c1c(OC)ccc2ccccc12. The molecule has 36 heavy (non-hydrogen) atoms. The van der Waals surface area contributed by atoms with Crippen LogP contribution in [0.2, 0.25) is 0 Å². The number of fused-ring (bicyclic) bond motifs is 2. The molecule has 0 amide bonds. The Labute approximate surface area is 210 Å². The van der Waals surface area contributed by atoms with E-state index in [0.717, 1.165) is 10.8 Å². The van der Waals surface area contributed by atoms with E-state index in [4.69, 9.17) is 9.47 Å². The molecule has 182 valence electrons. The van der Waals surface area contributed by atoms with Gasteiger partial charge in [0.1, 0.15) is 17.5 Å². The van der Waals surface area contributed by atoms with Crippen molar-refractivity contribution < 1.29 is 19.4 Å². The van der Waals surface area contributed by atoms with Gasteiger partial charge in [0.25, 0.3) is 5.56 Å². The highest BCUT2D eigenvalue weighted by atomic mass is 32.1. The number of aromatic nitrogens is 1. The summed E-state index contributed by atoms with van der Waals surface area (Å²) in [6.07, 6.45) is 1.64. The topological polar surface area (TPSA) is 90.1 Å². The molecular formula is C28H24N2O5S. The minimum atomic E-state index is -0.812. The number of benzene rings is 3. The van der Waals surface area contributed by atoms with Crippen LogP contribution in [0, 0.1) is 0 Å². The molecule has 7 nitrogen and oxygen atoms in total. The molecule has 0 fully saturated rings. The maximum atomic E-state index is 13.9. The Kier molecular flexibility index (Phi) is 6.20. The van der Waals surface area contributed by atoms with Crippen molar-refractivity contribution in [3.63, 3.8) is 0 Å². The average molecular weight is 501 g/mol. The number of phenolic OH excluding ortho intramolecular Hbond substituents is 1. The molecule has 0 aliphatic carbocycles. The fraction of sp³-hybridized carbons (Fsp3) is 0.179. The Morgan fingerprint density at radius 1 is 1.14 bits per heavy atom. The molecule has 4 aromatic rings. The van der Waals surface area contributed by atoms with Gasteiger partial charge in [0.05, 0.1) is 29.5 Å². The van der Waals surface area contributed by atoms with Gasteiger partial charge in [-0.15, -0.1) is 0 Å². The van der Waals surface area contributed by atoms with E-state index in [0.29, 0.717) is 31.9 Å². The number of esters is 1. The molecule has 8 heteroatoms. The van der Waals surface area contributed by atoms with E-state index in [1.54, 1.807) is 51.3 Å². The van der Waals surface area contributed by atoms with Gasteiger partial charge in [0, 0.05) is 11.1 Å². The van der Waals surface area contributed by atoms with Crippen molar-refractivity contribution in [2.24, 2.45) is 4.99 Å². The first kappa shape index (κ1) is 23.6. The van der Waals surface area contributed by atoms with Crippen molar-refractivity contribution in [1.29, 1.82) is 0 Å². The second kappa shape index (κ2) is 9.47. The van der Waals surface area contributed by atoms with Gasteiger partial charge < -0.3 is 14.6 Å². The van der Waals surface area contributed by atoms with E-state index in [-0.39, 0.29) is 23.5 Å². The van der Waals surface area contributed by atoms with E-state index in [1.165, 1.54) is 15.9 Å². The lowest BCUT2D eigenvalue weighted by Gasteiger charge is -2.27. The molecule has 0 spiro atoms. The van der Waals surface area contributed by atoms with Crippen molar-refractivity contribution in [3.8, 4) is 11.5 Å². The smallest absolute Gasteiger partial charge is 0.338 e. The highest BCUT2D eigenvalue weighted by Crippen LogP contribution is 2.40. The molecule has 1 aliphatic rings. The molecule has 1 N–H and O–H groups in total. The first-order valence-electron chi connectivity index (χ1n) is 11.5. The van der Waals surface area contributed by atoms with Crippen LogP contribution in [-0.2, 0) is 9.53 Å². The monoisotopic (exact) mass is 500 g/mol. The van der Waals surface area contributed by atoms with Crippen molar-refractivity contribution in [3.05, 3.63) is 103 Å². The van der Waals surface area contributed by atoms with Gasteiger partial charge in [-0.1, -0.05) is 59.9 Å². The van der Waals surface area contributed by atoms with Gasteiger partial charge in [0.15, 0.2) is 4.80 Å². The molecule has 0 saturated carbocycles. The van der Waals surface area contributed by atoms with Crippen molar-refractivity contribution in [1.82, 2.24) is 4.57 Å². The van der Waals surface area contributed by atoms with E-state index in [9.17, 15) is 14.7 Å². The summed E-state index contributed by atoms with van der Waals surface area (Å²) in [7, 11) is 1.57. The normalized spacial score (nSPS) is 15.5.